The van der Waals surface area contributed by atoms with E-state index in [-0.39, 0.29) is 0 Å². The number of halogens is 1. The van der Waals surface area contributed by atoms with E-state index in [0.29, 0.717) is 0 Å². The fourth-order valence-corrected chi connectivity index (χ4v) is 2.14. The van der Waals surface area contributed by atoms with Crippen molar-refractivity contribution < 1.29 is 0 Å². The third kappa shape index (κ3) is 3.34. The SMILES string of the molecule is Brc1cccc(CNC2=NCCCC2)c1. The van der Waals surface area contributed by atoms with Gasteiger partial charge in [0.25, 0.3) is 0 Å². The van der Waals surface area contributed by atoms with Crippen LogP contribution in [0.25, 0.3) is 0 Å². The molecule has 0 unspecified atom stereocenters. The van der Waals surface area contributed by atoms with Crippen molar-refractivity contribution in [3.8, 4) is 0 Å². The van der Waals surface area contributed by atoms with Gasteiger partial charge in [-0.15, -0.1) is 0 Å². The van der Waals surface area contributed by atoms with Crippen LogP contribution in [0.5, 0.6) is 0 Å². The molecule has 2 rings (SSSR count). The number of hydrogen-bond donors (Lipinski definition) is 1. The molecule has 0 radical (unpaired) electrons. The van der Waals surface area contributed by atoms with Crippen LogP contribution in [0.15, 0.2) is 33.7 Å². The highest BCUT2D eigenvalue weighted by Crippen LogP contribution is 2.12. The van der Waals surface area contributed by atoms with Gasteiger partial charge < -0.3 is 5.32 Å². The summed E-state index contributed by atoms with van der Waals surface area (Å²) in [7, 11) is 0. The van der Waals surface area contributed by atoms with Crippen molar-refractivity contribution in [2.24, 2.45) is 4.99 Å². The van der Waals surface area contributed by atoms with Gasteiger partial charge in [0.1, 0.15) is 0 Å². The predicted octanol–water partition coefficient (Wildman–Crippen LogP) is 3.12. The Labute approximate surface area is 98.9 Å². The Morgan fingerprint density at radius 2 is 2.27 bits per heavy atom. The molecule has 80 valence electrons. The van der Waals surface area contributed by atoms with Crippen molar-refractivity contribution >= 4 is 21.8 Å². The Morgan fingerprint density at radius 3 is 3.00 bits per heavy atom. The Morgan fingerprint density at radius 1 is 1.33 bits per heavy atom. The smallest absolute Gasteiger partial charge is 0.0965 e. The lowest BCUT2D eigenvalue weighted by Crippen LogP contribution is -2.25. The van der Waals surface area contributed by atoms with E-state index in [9.17, 15) is 0 Å². The Hall–Kier alpha value is -0.830. The van der Waals surface area contributed by atoms with Crippen molar-refractivity contribution in [3.05, 3.63) is 34.3 Å². The average Bonchev–Trinajstić information content (AvgIpc) is 2.28. The van der Waals surface area contributed by atoms with Crippen molar-refractivity contribution in [2.75, 3.05) is 6.54 Å². The third-order valence-corrected chi connectivity index (χ3v) is 3.00. The van der Waals surface area contributed by atoms with Gasteiger partial charge in [0.15, 0.2) is 0 Å². The summed E-state index contributed by atoms with van der Waals surface area (Å²) in [6.45, 7) is 1.86. The summed E-state index contributed by atoms with van der Waals surface area (Å²) in [5, 5.41) is 3.39. The second kappa shape index (κ2) is 5.31. The number of aliphatic imine (C=N–C) groups is 1. The number of nitrogens with one attached hydrogen (secondary N) is 1. The average molecular weight is 267 g/mol. The zero-order valence-corrected chi connectivity index (χ0v) is 10.3. The lowest BCUT2D eigenvalue weighted by Gasteiger charge is -2.13. The standard InChI is InChI=1S/C12H15BrN2/c13-11-5-3-4-10(8-11)9-15-12-6-1-2-7-14-12/h3-5,8H,1-2,6-7,9H2,(H,14,15). The fourth-order valence-electron chi connectivity index (χ4n) is 1.69. The summed E-state index contributed by atoms with van der Waals surface area (Å²) in [6.07, 6.45) is 3.61. The first-order chi connectivity index (χ1) is 7.34. The molecular weight excluding hydrogens is 252 g/mol. The Balaban J connectivity index is 1.90. The summed E-state index contributed by atoms with van der Waals surface area (Å²) >= 11 is 3.47. The van der Waals surface area contributed by atoms with E-state index in [2.05, 4.69) is 44.4 Å². The maximum absolute atomic E-state index is 4.46. The van der Waals surface area contributed by atoms with Crippen molar-refractivity contribution in [3.63, 3.8) is 0 Å². The largest absolute Gasteiger partial charge is 0.370 e. The third-order valence-electron chi connectivity index (χ3n) is 2.51. The molecule has 1 N–H and O–H groups in total. The van der Waals surface area contributed by atoms with Crippen molar-refractivity contribution in [1.29, 1.82) is 0 Å². The normalized spacial score (nSPS) is 15.9. The van der Waals surface area contributed by atoms with Crippen LogP contribution in [0, 0.1) is 0 Å². The van der Waals surface area contributed by atoms with E-state index >= 15 is 0 Å². The molecular formula is C12H15BrN2. The van der Waals surface area contributed by atoms with Gasteiger partial charge in [-0.3, -0.25) is 4.99 Å². The summed E-state index contributed by atoms with van der Waals surface area (Å²) < 4.78 is 1.13. The molecule has 0 fully saturated rings. The molecule has 0 atom stereocenters. The predicted molar refractivity (Wildman–Crippen MR) is 67.1 cm³/mol. The highest BCUT2D eigenvalue weighted by atomic mass is 79.9. The van der Waals surface area contributed by atoms with Gasteiger partial charge >= 0.3 is 0 Å². The highest BCUT2D eigenvalue weighted by Gasteiger charge is 2.04. The molecule has 3 heteroatoms. The van der Waals surface area contributed by atoms with Gasteiger partial charge in [-0.1, -0.05) is 28.1 Å². The molecule has 1 aromatic carbocycles. The monoisotopic (exact) mass is 266 g/mol. The van der Waals surface area contributed by atoms with Crippen LogP contribution < -0.4 is 5.32 Å². The van der Waals surface area contributed by atoms with Gasteiger partial charge in [-0.2, -0.15) is 0 Å². The molecule has 0 spiro atoms. The van der Waals surface area contributed by atoms with Gasteiger partial charge in [0, 0.05) is 24.0 Å². The molecule has 0 aliphatic carbocycles. The summed E-state index contributed by atoms with van der Waals surface area (Å²) in [5.41, 5.74) is 1.29. The summed E-state index contributed by atoms with van der Waals surface area (Å²) in [5.74, 6) is 1.17. The zero-order chi connectivity index (χ0) is 10.5. The minimum Gasteiger partial charge on any atom is -0.370 e. The zero-order valence-electron chi connectivity index (χ0n) is 8.67. The van der Waals surface area contributed by atoms with Crippen LogP contribution in [0.4, 0.5) is 0 Å². The van der Waals surface area contributed by atoms with Gasteiger partial charge in [-0.25, -0.2) is 0 Å². The maximum Gasteiger partial charge on any atom is 0.0965 e. The minimum atomic E-state index is 0.873. The van der Waals surface area contributed by atoms with Crippen molar-refractivity contribution in [1.82, 2.24) is 5.32 Å². The van der Waals surface area contributed by atoms with Crippen LogP contribution in [-0.4, -0.2) is 12.4 Å². The quantitative estimate of drug-likeness (QED) is 0.874. The molecule has 0 bridgehead atoms. The van der Waals surface area contributed by atoms with Crippen LogP contribution >= 0.6 is 15.9 Å². The molecule has 1 aliphatic heterocycles. The molecule has 1 heterocycles. The van der Waals surface area contributed by atoms with E-state index in [4.69, 9.17) is 0 Å². The van der Waals surface area contributed by atoms with E-state index in [1.54, 1.807) is 0 Å². The van der Waals surface area contributed by atoms with Gasteiger partial charge in [0.05, 0.1) is 5.84 Å². The molecule has 0 saturated carbocycles. The number of hydrogen-bond acceptors (Lipinski definition) is 2. The summed E-state index contributed by atoms with van der Waals surface area (Å²) in [4.78, 5) is 4.46. The second-order valence-corrected chi connectivity index (χ2v) is 4.68. The lowest BCUT2D eigenvalue weighted by molar-refractivity contribution is 0.706. The van der Waals surface area contributed by atoms with Crippen LogP contribution in [0.1, 0.15) is 24.8 Å². The molecule has 0 saturated heterocycles. The Bertz CT molecular complexity index is 360. The van der Waals surface area contributed by atoms with Gasteiger partial charge in [0.2, 0.25) is 0 Å². The first kappa shape index (κ1) is 10.7. The van der Waals surface area contributed by atoms with E-state index in [1.807, 2.05) is 6.07 Å². The van der Waals surface area contributed by atoms with Crippen LogP contribution in [-0.2, 0) is 6.54 Å². The molecule has 2 nitrogen and oxygen atoms in total. The number of amidine groups is 1. The maximum atomic E-state index is 4.46. The molecule has 0 amide bonds. The topological polar surface area (TPSA) is 24.4 Å². The van der Waals surface area contributed by atoms with Crippen LogP contribution in [0.2, 0.25) is 0 Å². The van der Waals surface area contributed by atoms with E-state index in [0.717, 1.165) is 24.0 Å². The van der Waals surface area contributed by atoms with E-state index in [1.165, 1.54) is 24.2 Å². The van der Waals surface area contributed by atoms with Crippen molar-refractivity contribution in [2.45, 2.75) is 25.8 Å². The van der Waals surface area contributed by atoms with E-state index < -0.39 is 0 Å². The number of benzene rings is 1. The molecule has 15 heavy (non-hydrogen) atoms. The molecule has 1 aromatic rings. The first-order valence-corrected chi connectivity index (χ1v) is 6.15. The number of nitrogens with zero attached hydrogens (tertiary/aromatic N) is 1. The summed E-state index contributed by atoms with van der Waals surface area (Å²) in [6, 6.07) is 8.36. The van der Waals surface area contributed by atoms with Gasteiger partial charge in [-0.05, 0) is 30.5 Å². The molecule has 0 aromatic heterocycles. The van der Waals surface area contributed by atoms with Crippen LogP contribution in [0.3, 0.4) is 0 Å². The second-order valence-electron chi connectivity index (χ2n) is 3.77. The Kier molecular flexibility index (Phi) is 3.78. The lowest BCUT2D eigenvalue weighted by atomic mass is 10.1. The fraction of sp³-hybridized carbons (Fsp3) is 0.417. The first-order valence-electron chi connectivity index (χ1n) is 5.36. The highest BCUT2D eigenvalue weighted by molar-refractivity contribution is 9.10. The molecule has 1 aliphatic rings. The number of rotatable bonds is 2. The minimum absolute atomic E-state index is 0.873.